The van der Waals surface area contributed by atoms with Gasteiger partial charge in [0.2, 0.25) is 0 Å². The SMILES string of the molecule is COc1ccc(Cl)cc1NC(=O)C(=O)NC(C)c1ccc(OC)c(OC)c1. The fourth-order valence-electron chi connectivity index (χ4n) is 2.42. The molecule has 2 amide bonds. The molecule has 2 N–H and O–H groups in total. The van der Waals surface area contributed by atoms with E-state index >= 15 is 0 Å². The quantitative estimate of drug-likeness (QED) is 0.737. The van der Waals surface area contributed by atoms with Crippen LogP contribution >= 0.6 is 11.6 Å². The molecule has 0 aromatic heterocycles. The molecule has 0 radical (unpaired) electrons. The van der Waals surface area contributed by atoms with Gasteiger partial charge in [-0.25, -0.2) is 0 Å². The Hall–Kier alpha value is -2.93. The minimum atomic E-state index is -0.831. The summed E-state index contributed by atoms with van der Waals surface area (Å²) in [5.41, 5.74) is 1.07. The van der Waals surface area contributed by atoms with Crippen molar-refractivity contribution < 1.29 is 23.8 Å². The van der Waals surface area contributed by atoms with Gasteiger partial charge < -0.3 is 24.8 Å². The van der Waals surface area contributed by atoms with Gasteiger partial charge in [0.1, 0.15) is 5.75 Å². The van der Waals surface area contributed by atoms with E-state index in [0.29, 0.717) is 28.0 Å². The van der Waals surface area contributed by atoms with E-state index in [4.69, 9.17) is 25.8 Å². The molecule has 0 saturated heterocycles. The fourth-order valence-corrected chi connectivity index (χ4v) is 2.60. The first-order chi connectivity index (χ1) is 12.9. The van der Waals surface area contributed by atoms with Crippen LogP contribution in [0.1, 0.15) is 18.5 Å². The monoisotopic (exact) mass is 392 g/mol. The van der Waals surface area contributed by atoms with Crippen molar-refractivity contribution in [3.8, 4) is 17.2 Å². The third kappa shape index (κ3) is 5.04. The molecule has 0 aliphatic heterocycles. The van der Waals surface area contributed by atoms with Crippen molar-refractivity contribution in [2.24, 2.45) is 0 Å². The van der Waals surface area contributed by atoms with Crippen LogP contribution < -0.4 is 24.8 Å². The highest BCUT2D eigenvalue weighted by Gasteiger charge is 2.19. The third-order valence-corrected chi connectivity index (χ3v) is 4.11. The molecule has 0 aliphatic rings. The van der Waals surface area contributed by atoms with Crippen molar-refractivity contribution in [1.29, 1.82) is 0 Å². The average molecular weight is 393 g/mol. The number of methoxy groups -OCH3 is 3. The third-order valence-electron chi connectivity index (χ3n) is 3.87. The molecule has 8 heteroatoms. The lowest BCUT2D eigenvalue weighted by Gasteiger charge is -2.17. The Balaban J connectivity index is 2.08. The second-order valence-corrected chi connectivity index (χ2v) is 6.04. The molecule has 0 fully saturated rings. The van der Waals surface area contributed by atoms with E-state index in [2.05, 4.69) is 10.6 Å². The summed E-state index contributed by atoms with van der Waals surface area (Å²) in [7, 11) is 4.52. The highest BCUT2D eigenvalue weighted by Crippen LogP contribution is 2.30. The van der Waals surface area contributed by atoms with Crippen LogP contribution in [0.15, 0.2) is 36.4 Å². The Labute approximate surface area is 162 Å². The van der Waals surface area contributed by atoms with Gasteiger partial charge in [0, 0.05) is 5.02 Å². The molecule has 0 spiro atoms. The number of anilines is 1. The first-order valence-electron chi connectivity index (χ1n) is 8.07. The molecule has 0 aliphatic carbocycles. The van der Waals surface area contributed by atoms with Crippen LogP contribution in [0.2, 0.25) is 5.02 Å². The van der Waals surface area contributed by atoms with E-state index in [-0.39, 0.29) is 0 Å². The fraction of sp³-hybridized carbons (Fsp3) is 0.263. The number of hydrogen-bond acceptors (Lipinski definition) is 5. The zero-order valence-corrected chi connectivity index (χ0v) is 16.2. The van der Waals surface area contributed by atoms with Crippen molar-refractivity contribution in [2.75, 3.05) is 26.6 Å². The van der Waals surface area contributed by atoms with E-state index in [0.717, 1.165) is 5.56 Å². The molecule has 0 bridgehead atoms. The van der Waals surface area contributed by atoms with Gasteiger partial charge in [0.15, 0.2) is 11.5 Å². The lowest BCUT2D eigenvalue weighted by atomic mass is 10.1. The first kappa shape index (κ1) is 20.4. The summed E-state index contributed by atoms with van der Waals surface area (Å²) < 4.78 is 15.6. The van der Waals surface area contributed by atoms with Gasteiger partial charge in [0.25, 0.3) is 0 Å². The molecule has 144 valence electrons. The number of amides is 2. The number of carbonyl (C=O) groups excluding carboxylic acids is 2. The van der Waals surface area contributed by atoms with Gasteiger partial charge in [-0.05, 0) is 42.8 Å². The minimum absolute atomic E-state index is 0.309. The highest BCUT2D eigenvalue weighted by atomic mass is 35.5. The van der Waals surface area contributed by atoms with Crippen molar-refractivity contribution in [3.63, 3.8) is 0 Å². The maximum Gasteiger partial charge on any atom is 0.313 e. The number of hydrogen-bond donors (Lipinski definition) is 2. The number of nitrogens with one attached hydrogen (secondary N) is 2. The standard InChI is InChI=1S/C19H21ClN2O5/c1-11(12-5-7-16(26-3)17(9-12)27-4)21-18(23)19(24)22-14-10-13(20)6-8-15(14)25-2/h5-11H,1-4H3,(H,21,23)(H,22,24). The summed E-state index contributed by atoms with van der Waals surface area (Å²) in [4.78, 5) is 24.5. The van der Waals surface area contributed by atoms with Gasteiger partial charge in [-0.1, -0.05) is 17.7 Å². The second kappa shape index (κ2) is 9.14. The Morgan fingerprint density at radius 2 is 1.52 bits per heavy atom. The number of halogens is 1. The molecule has 7 nitrogen and oxygen atoms in total. The van der Waals surface area contributed by atoms with Crippen LogP contribution in [0.25, 0.3) is 0 Å². The van der Waals surface area contributed by atoms with Crippen molar-refractivity contribution in [2.45, 2.75) is 13.0 Å². The molecule has 1 atom stereocenters. The van der Waals surface area contributed by atoms with Gasteiger partial charge >= 0.3 is 11.8 Å². The van der Waals surface area contributed by atoms with Crippen LogP contribution in [0.4, 0.5) is 5.69 Å². The summed E-state index contributed by atoms with van der Waals surface area (Å²) in [5.74, 6) is -0.120. The summed E-state index contributed by atoms with van der Waals surface area (Å²) in [6, 6.07) is 9.55. The van der Waals surface area contributed by atoms with Crippen molar-refractivity contribution in [3.05, 3.63) is 47.0 Å². The van der Waals surface area contributed by atoms with Crippen LogP contribution in [0.5, 0.6) is 17.2 Å². The van der Waals surface area contributed by atoms with Gasteiger partial charge in [0.05, 0.1) is 33.1 Å². The topological polar surface area (TPSA) is 85.9 Å². The van der Waals surface area contributed by atoms with E-state index in [1.807, 2.05) is 0 Å². The molecule has 2 aromatic rings. The van der Waals surface area contributed by atoms with E-state index in [1.165, 1.54) is 27.4 Å². The predicted octanol–water partition coefficient (Wildman–Crippen LogP) is 3.18. The Bertz CT molecular complexity index is 841. The molecule has 0 saturated carbocycles. The molecule has 2 aromatic carbocycles. The Morgan fingerprint density at radius 1 is 0.889 bits per heavy atom. The second-order valence-electron chi connectivity index (χ2n) is 5.61. The predicted molar refractivity (Wildman–Crippen MR) is 103 cm³/mol. The van der Waals surface area contributed by atoms with Gasteiger partial charge in [-0.2, -0.15) is 0 Å². The molecular weight excluding hydrogens is 372 g/mol. The number of carbonyl (C=O) groups is 2. The number of benzene rings is 2. The van der Waals surface area contributed by atoms with E-state index in [1.54, 1.807) is 37.3 Å². The van der Waals surface area contributed by atoms with Crippen LogP contribution in [0.3, 0.4) is 0 Å². The normalized spacial score (nSPS) is 11.3. The Morgan fingerprint density at radius 3 is 2.15 bits per heavy atom. The summed E-state index contributed by atoms with van der Waals surface area (Å²) in [6.07, 6.45) is 0. The average Bonchev–Trinajstić information content (AvgIpc) is 2.67. The van der Waals surface area contributed by atoms with Gasteiger partial charge in [-0.3, -0.25) is 9.59 Å². The molecule has 0 heterocycles. The maximum absolute atomic E-state index is 12.2. The molecular formula is C19H21ClN2O5. The smallest absolute Gasteiger partial charge is 0.313 e. The molecule has 27 heavy (non-hydrogen) atoms. The first-order valence-corrected chi connectivity index (χ1v) is 8.44. The van der Waals surface area contributed by atoms with E-state index < -0.39 is 17.9 Å². The number of ether oxygens (including phenoxy) is 3. The zero-order valence-electron chi connectivity index (χ0n) is 15.5. The van der Waals surface area contributed by atoms with Crippen LogP contribution in [0, 0.1) is 0 Å². The summed E-state index contributed by atoms with van der Waals surface area (Å²) >= 11 is 5.92. The minimum Gasteiger partial charge on any atom is -0.495 e. The summed E-state index contributed by atoms with van der Waals surface area (Å²) in [6.45, 7) is 1.76. The van der Waals surface area contributed by atoms with Gasteiger partial charge in [-0.15, -0.1) is 0 Å². The molecule has 2 rings (SSSR count). The Kier molecular flexibility index (Phi) is 6.90. The largest absolute Gasteiger partial charge is 0.495 e. The lowest BCUT2D eigenvalue weighted by molar-refractivity contribution is -0.136. The highest BCUT2D eigenvalue weighted by molar-refractivity contribution is 6.40. The zero-order chi connectivity index (χ0) is 20.0. The van der Waals surface area contributed by atoms with Crippen molar-refractivity contribution >= 4 is 29.1 Å². The number of rotatable bonds is 6. The molecule has 1 unspecified atom stereocenters. The van der Waals surface area contributed by atoms with Crippen molar-refractivity contribution in [1.82, 2.24) is 5.32 Å². The lowest BCUT2D eigenvalue weighted by Crippen LogP contribution is -2.37. The maximum atomic E-state index is 12.2. The van der Waals surface area contributed by atoms with Crippen LogP contribution in [-0.4, -0.2) is 33.1 Å². The summed E-state index contributed by atoms with van der Waals surface area (Å²) in [5, 5.41) is 5.54. The van der Waals surface area contributed by atoms with Crippen LogP contribution in [-0.2, 0) is 9.59 Å². The van der Waals surface area contributed by atoms with E-state index in [9.17, 15) is 9.59 Å².